The maximum atomic E-state index is 14.5. The summed E-state index contributed by atoms with van der Waals surface area (Å²) < 4.78 is 5.34. The molecule has 5 aliphatic rings. The van der Waals surface area contributed by atoms with Gasteiger partial charge in [0.15, 0.2) is 0 Å². The zero-order chi connectivity index (χ0) is 37.9. The summed E-state index contributed by atoms with van der Waals surface area (Å²) in [6.45, 7) is 12.5. The third-order valence-corrected chi connectivity index (χ3v) is 15.9. The van der Waals surface area contributed by atoms with Gasteiger partial charge in [0.2, 0.25) is 5.91 Å². The number of fused-ring (bicyclic) bond motifs is 7. The molecule has 5 aliphatic carbocycles. The van der Waals surface area contributed by atoms with Crippen LogP contribution in [0, 0.1) is 60.4 Å². The van der Waals surface area contributed by atoms with Gasteiger partial charge in [-0.3, -0.25) is 19.7 Å². The molecule has 0 aromatic heterocycles. The second-order valence-electron chi connectivity index (χ2n) is 18.4. The molecule has 288 valence electrons. The molecule has 11 nitrogen and oxygen atoms in total. The number of rotatable bonds is 10. The average Bonchev–Trinajstić information content (AvgIpc) is 3.12. The van der Waals surface area contributed by atoms with Crippen LogP contribution in [0.4, 0.5) is 5.69 Å². The van der Waals surface area contributed by atoms with Crippen molar-refractivity contribution < 1.29 is 34.6 Å². The van der Waals surface area contributed by atoms with E-state index in [1.165, 1.54) is 18.7 Å². The summed E-state index contributed by atoms with van der Waals surface area (Å²) >= 11 is 0. The number of non-ortho nitro benzene ring substituents is 1. The van der Waals surface area contributed by atoms with Gasteiger partial charge in [0.1, 0.15) is 0 Å². The summed E-state index contributed by atoms with van der Waals surface area (Å²) in [5.41, 5.74) is -0.612. The molecule has 5 N–H and O–H groups in total. The van der Waals surface area contributed by atoms with Crippen molar-refractivity contribution in [3.63, 3.8) is 0 Å². The highest BCUT2D eigenvalue weighted by atomic mass is 16.6. The predicted octanol–water partition coefficient (Wildman–Crippen LogP) is 5.45. The van der Waals surface area contributed by atoms with Crippen molar-refractivity contribution >= 4 is 17.6 Å². The van der Waals surface area contributed by atoms with Crippen LogP contribution in [0.1, 0.15) is 104 Å². The Labute approximate surface area is 308 Å². The Morgan fingerprint density at radius 3 is 2.42 bits per heavy atom. The van der Waals surface area contributed by atoms with Crippen LogP contribution in [0.2, 0.25) is 0 Å². The fourth-order valence-electron chi connectivity index (χ4n) is 12.7. The molecule has 4 fully saturated rings. The smallest absolute Gasteiger partial charge is 0.311 e. The number of carbonyl (C=O) groups excluding carboxylic acids is 2. The molecule has 1 amide bonds. The molecular weight excluding hydrogens is 662 g/mol. The zero-order valence-corrected chi connectivity index (χ0v) is 32.0. The summed E-state index contributed by atoms with van der Waals surface area (Å²) in [7, 11) is 1.44. The van der Waals surface area contributed by atoms with Crippen molar-refractivity contribution in [1.29, 1.82) is 0 Å². The van der Waals surface area contributed by atoms with Crippen LogP contribution in [0.15, 0.2) is 35.9 Å². The molecule has 3 unspecified atom stereocenters. The third-order valence-electron chi connectivity index (χ3n) is 15.9. The van der Waals surface area contributed by atoms with Crippen LogP contribution < -0.4 is 10.6 Å². The van der Waals surface area contributed by atoms with Gasteiger partial charge < -0.3 is 30.7 Å². The number of nitrogens with zero attached hydrogens (tertiary/aromatic N) is 1. The monoisotopic (exact) mass is 723 g/mol. The highest BCUT2D eigenvalue weighted by Gasteiger charge is 2.71. The Morgan fingerprint density at radius 2 is 1.73 bits per heavy atom. The molecular formula is C41H61N3O8. The second kappa shape index (κ2) is 13.8. The van der Waals surface area contributed by atoms with Gasteiger partial charge in [-0.1, -0.05) is 51.5 Å². The van der Waals surface area contributed by atoms with E-state index in [4.69, 9.17) is 4.74 Å². The number of ether oxygens (including phenoxy) is 1. The van der Waals surface area contributed by atoms with Gasteiger partial charge in [0.25, 0.3) is 5.69 Å². The van der Waals surface area contributed by atoms with Crippen LogP contribution in [-0.4, -0.2) is 71.1 Å². The number of amides is 1. The Bertz CT molecular complexity index is 1600. The van der Waals surface area contributed by atoms with E-state index in [2.05, 4.69) is 37.5 Å². The average molecular weight is 724 g/mol. The van der Waals surface area contributed by atoms with E-state index in [0.29, 0.717) is 51.7 Å². The van der Waals surface area contributed by atoms with E-state index >= 15 is 0 Å². The molecule has 0 aliphatic heterocycles. The first-order valence-electron chi connectivity index (χ1n) is 19.4. The first-order chi connectivity index (χ1) is 24.5. The highest BCUT2D eigenvalue weighted by molar-refractivity contribution is 5.85. The standard InChI is InChI=1S/C41H61N3O8/c1-36(35(49)52-6)15-17-41(34(48)43-20-8-19-42-24-26-9-7-10-27(21-26)44(50)51)18-16-39(4)28(29(41)22-36)11-12-32-37(2)23-30(46)33(47)38(3,25-45)31(37)13-14-40(32,39)5/h7,9-11,21,29-33,42,45-47H,8,12-20,22-25H2,1-6H3,(H,43,48)/t29?,30-,31?,32?,33-,36-,37-,38-,39+,40+,41-/m0/s1. The summed E-state index contributed by atoms with van der Waals surface area (Å²) in [6.07, 6.45) is 7.56. The van der Waals surface area contributed by atoms with E-state index in [1.807, 2.05) is 19.9 Å². The van der Waals surface area contributed by atoms with Gasteiger partial charge in [0.05, 0.1) is 41.7 Å². The van der Waals surface area contributed by atoms with E-state index in [9.17, 15) is 35.0 Å². The third kappa shape index (κ3) is 5.84. The lowest BCUT2D eigenvalue weighted by Gasteiger charge is -2.71. The number of nitrogens with one attached hydrogen (secondary N) is 2. The van der Waals surface area contributed by atoms with Gasteiger partial charge in [-0.05, 0) is 117 Å². The van der Waals surface area contributed by atoms with Gasteiger partial charge in [0, 0.05) is 30.6 Å². The van der Waals surface area contributed by atoms with E-state index < -0.39 is 33.4 Å². The van der Waals surface area contributed by atoms with E-state index in [-0.39, 0.29) is 58.2 Å². The van der Waals surface area contributed by atoms with Crippen LogP contribution in [0.25, 0.3) is 0 Å². The molecule has 4 saturated carbocycles. The number of aliphatic hydroxyl groups excluding tert-OH is 3. The molecule has 0 bridgehead atoms. The van der Waals surface area contributed by atoms with Crippen molar-refractivity contribution in [1.82, 2.24) is 10.6 Å². The maximum absolute atomic E-state index is 14.5. The van der Waals surface area contributed by atoms with Crippen molar-refractivity contribution in [2.45, 2.75) is 118 Å². The fraction of sp³-hybridized carbons (Fsp3) is 0.756. The molecule has 0 spiro atoms. The highest BCUT2D eigenvalue weighted by Crippen LogP contribution is 2.75. The summed E-state index contributed by atoms with van der Waals surface area (Å²) in [4.78, 5) is 38.5. The quantitative estimate of drug-likeness (QED) is 0.0693. The predicted molar refractivity (Wildman–Crippen MR) is 197 cm³/mol. The minimum atomic E-state index is -0.971. The Morgan fingerprint density at radius 1 is 1.00 bits per heavy atom. The first kappa shape index (κ1) is 38.9. The lowest BCUT2D eigenvalue weighted by molar-refractivity contribution is -0.384. The Balaban J connectivity index is 1.24. The van der Waals surface area contributed by atoms with Gasteiger partial charge in [-0.15, -0.1) is 0 Å². The second-order valence-corrected chi connectivity index (χ2v) is 18.4. The van der Waals surface area contributed by atoms with Crippen molar-refractivity contribution in [2.24, 2.45) is 50.2 Å². The van der Waals surface area contributed by atoms with Crippen molar-refractivity contribution in [3.8, 4) is 0 Å². The van der Waals surface area contributed by atoms with Crippen LogP contribution in [0.3, 0.4) is 0 Å². The van der Waals surface area contributed by atoms with Crippen molar-refractivity contribution in [2.75, 3.05) is 26.8 Å². The summed E-state index contributed by atoms with van der Waals surface area (Å²) in [5, 5.41) is 50.7. The number of aliphatic hydroxyl groups is 3. The topological polar surface area (TPSA) is 171 Å². The summed E-state index contributed by atoms with van der Waals surface area (Å²) in [5.74, 6) is -0.0217. The molecule has 11 atom stereocenters. The van der Waals surface area contributed by atoms with Crippen molar-refractivity contribution in [3.05, 3.63) is 51.6 Å². The molecule has 1 aromatic carbocycles. The molecule has 6 rings (SSSR count). The van der Waals surface area contributed by atoms with Gasteiger partial charge in [-0.2, -0.15) is 0 Å². The number of benzene rings is 1. The number of hydrogen-bond donors (Lipinski definition) is 5. The number of nitro benzene ring substituents is 1. The molecule has 1 aromatic rings. The normalized spacial score (nSPS) is 42.4. The number of methoxy groups -OCH3 is 1. The van der Waals surface area contributed by atoms with E-state index in [1.54, 1.807) is 12.1 Å². The SMILES string of the molecule is COC(=O)[C@@]1(C)CC[C@]2(C(=O)NCCCNCc3cccc([N+](=O)[O-])c3)CC[C@]3(C)C(=CCC4[C@@]5(C)C[C@H](O)[C@H](O)[C@@](C)(CO)C5CC[C@]43C)C2C1. The number of esters is 1. The van der Waals surface area contributed by atoms with Gasteiger partial charge in [-0.25, -0.2) is 0 Å². The minimum absolute atomic E-state index is 0.0529. The minimum Gasteiger partial charge on any atom is -0.469 e. The molecule has 11 heteroatoms. The lowest BCUT2D eigenvalue weighted by atomic mass is 9.33. The maximum Gasteiger partial charge on any atom is 0.311 e. The fourth-order valence-corrected chi connectivity index (χ4v) is 12.7. The van der Waals surface area contributed by atoms with E-state index in [0.717, 1.165) is 37.7 Å². The van der Waals surface area contributed by atoms with Gasteiger partial charge >= 0.3 is 5.97 Å². The molecule has 0 radical (unpaired) electrons. The largest absolute Gasteiger partial charge is 0.469 e. The zero-order valence-electron chi connectivity index (χ0n) is 32.0. The first-order valence-corrected chi connectivity index (χ1v) is 19.4. The van der Waals surface area contributed by atoms with Crippen LogP contribution in [0.5, 0.6) is 0 Å². The lowest BCUT2D eigenvalue weighted by Crippen LogP contribution is -2.68. The van der Waals surface area contributed by atoms with Crippen LogP contribution in [-0.2, 0) is 20.9 Å². The molecule has 52 heavy (non-hydrogen) atoms. The summed E-state index contributed by atoms with van der Waals surface area (Å²) in [6, 6.07) is 6.58. The number of nitro groups is 1. The molecule has 0 saturated heterocycles. The Hall–Kier alpha value is -2.86. The van der Waals surface area contributed by atoms with Crippen LogP contribution >= 0.6 is 0 Å². The molecule has 0 heterocycles. The Kier molecular flexibility index (Phi) is 10.3. The number of allylic oxidation sites excluding steroid dienone is 2. The number of carbonyl (C=O) groups is 2. The number of hydrogen-bond acceptors (Lipinski definition) is 9.